The zero-order valence-electron chi connectivity index (χ0n) is 10.1. The van der Waals surface area contributed by atoms with Gasteiger partial charge in [-0.2, -0.15) is 5.10 Å². The Labute approximate surface area is 104 Å². The molecule has 0 atom stereocenters. The highest BCUT2D eigenvalue weighted by atomic mass is 16.5. The van der Waals surface area contributed by atoms with Crippen LogP contribution in [-0.2, 0) is 13.5 Å². The molecule has 0 aliphatic rings. The number of aromatic nitrogens is 3. The fourth-order valence-electron chi connectivity index (χ4n) is 1.97. The van der Waals surface area contributed by atoms with Gasteiger partial charge in [0.25, 0.3) is 0 Å². The minimum Gasteiger partial charge on any atom is -0.366 e. The average Bonchev–Trinajstić information content (AvgIpc) is 2.97. The number of anilines is 1. The predicted molar refractivity (Wildman–Crippen MR) is 69.4 cm³/mol. The van der Waals surface area contributed by atoms with Gasteiger partial charge in [-0.05, 0) is 18.2 Å². The second kappa shape index (κ2) is 4.52. The van der Waals surface area contributed by atoms with Crippen molar-refractivity contribution in [1.29, 1.82) is 0 Å². The molecular formula is C13H14N4O. The van der Waals surface area contributed by atoms with Crippen LogP contribution in [0, 0.1) is 0 Å². The lowest BCUT2D eigenvalue weighted by atomic mass is 10.2. The van der Waals surface area contributed by atoms with Gasteiger partial charge in [-0.1, -0.05) is 17.3 Å². The fraction of sp³-hybridized carbons (Fsp3) is 0.231. The van der Waals surface area contributed by atoms with Gasteiger partial charge in [-0.3, -0.25) is 4.68 Å². The second-order valence-electron chi connectivity index (χ2n) is 4.15. The maximum Gasteiger partial charge on any atom is 0.177 e. The van der Waals surface area contributed by atoms with E-state index in [9.17, 15) is 0 Å². The molecule has 18 heavy (non-hydrogen) atoms. The summed E-state index contributed by atoms with van der Waals surface area (Å²) in [5.41, 5.74) is 2.00. The van der Waals surface area contributed by atoms with Crippen molar-refractivity contribution < 1.29 is 4.52 Å². The summed E-state index contributed by atoms with van der Waals surface area (Å²) in [6, 6.07) is 9.84. The van der Waals surface area contributed by atoms with Gasteiger partial charge in [0, 0.05) is 31.9 Å². The summed E-state index contributed by atoms with van der Waals surface area (Å²) in [5.74, 6) is 0.799. The lowest BCUT2D eigenvalue weighted by Gasteiger charge is -2.03. The van der Waals surface area contributed by atoms with Crippen LogP contribution < -0.4 is 5.32 Å². The lowest BCUT2D eigenvalue weighted by Crippen LogP contribution is -2.08. The highest BCUT2D eigenvalue weighted by molar-refractivity contribution is 5.87. The number of nitrogens with one attached hydrogen (secondary N) is 1. The van der Waals surface area contributed by atoms with E-state index in [4.69, 9.17) is 4.52 Å². The largest absolute Gasteiger partial charge is 0.366 e. The molecule has 5 heteroatoms. The minimum absolute atomic E-state index is 0.799. The highest BCUT2D eigenvalue weighted by Gasteiger charge is 2.06. The molecule has 0 radical (unpaired) electrons. The molecule has 0 fully saturated rings. The fourth-order valence-corrected chi connectivity index (χ4v) is 1.97. The van der Waals surface area contributed by atoms with Crippen LogP contribution in [0.5, 0.6) is 0 Å². The molecule has 1 N–H and O–H groups in total. The third-order valence-electron chi connectivity index (χ3n) is 2.97. The molecular weight excluding hydrogens is 228 g/mol. The van der Waals surface area contributed by atoms with E-state index in [1.54, 1.807) is 6.20 Å². The molecule has 0 aliphatic heterocycles. The molecule has 0 amide bonds. The van der Waals surface area contributed by atoms with Crippen molar-refractivity contribution in [2.24, 2.45) is 7.05 Å². The monoisotopic (exact) mass is 242 g/mol. The first-order valence-corrected chi connectivity index (χ1v) is 5.90. The summed E-state index contributed by atoms with van der Waals surface area (Å²) in [7, 11) is 1.95. The molecule has 0 unspecified atom stereocenters. The second-order valence-corrected chi connectivity index (χ2v) is 4.15. The van der Waals surface area contributed by atoms with E-state index >= 15 is 0 Å². The Morgan fingerprint density at radius 1 is 1.28 bits per heavy atom. The summed E-state index contributed by atoms with van der Waals surface area (Å²) in [4.78, 5) is 0. The summed E-state index contributed by atoms with van der Waals surface area (Å²) < 4.78 is 7.11. The molecule has 1 aromatic carbocycles. The van der Waals surface area contributed by atoms with Crippen molar-refractivity contribution >= 4 is 16.8 Å². The number of aryl methyl sites for hydroxylation is 1. The maximum atomic E-state index is 5.23. The third-order valence-corrected chi connectivity index (χ3v) is 2.97. The number of hydrogen-bond acceptors (Lipinski definition) is 4. The van der Waals surface area contributed by atoms with Gasteiger partial charge >= 0.3 is 0 Å². The number of benzene rings is 1. The Morgan fingerprint density at radius 2 is 2.17 bits per heavy atom. The summed E-state index contributed by atoms with van der Waals surface area (Å²) in [6.07, 6.45) is 2.71. The molecule has 0 saturated heterocycles. The highest BCUT2D eigenvalue weighted by Crippen LogP contribution is 2.21. The molecule has 0 aliphatic carbocycles. The van der Waals surface area contributed by atoms with Crippen molar-refractivity contribution in [3.05, 3.63) is 42.2 Å². The lowest BCUT2D eigenvalue weighted by molar-refractivity contribution is 0.459. The Hall–Kier alpha value is -2.30. The molecule has 0 bridgehead atoms. The normalized spacial score (nSPS) is 10.9. The Morgan fingerprint density at radius 3 is 3.00 bits per heavy atom. The van der Waals surface area contributed by atoms with Crippen LogP contribution in [0.3, 0.4) is 0 Å². The maximum absolute atomic E-state index is 5.23. The molecule has 2 heterocycles. The Kier molecular flexibility index (Phi) is 2.72. The summed E-state index contributed by atoms with van der Waals surface area (Å²) >= 11 is 0. The SMILES string of the molecule is Cn1nccc1CCNc1noc2ccccc12. The molecule has 3 aromatic rings. The number of hydrogen-bond donors (Lipinski definition) is 1. The number of nitrogens with zero attached hydrogens (tertiary/aromatic N) is 3. The zero-order chi connectivity index (χ0) is 12.4. The van der Waals surface area contributed by atoms with E-state index in [0.717, 1.165) is 29.8 Å². The first kappa shape index (κ1) is 10.8. The van der Waals surface area contributed by atoms with Crippen LogP contribution in [-0.4, -0.2) is 21.5 Å². The Bertz CT molecular complexity index is 656. The van der Waals surface area contributed by atoms with Crippen LogP contribution in [0.1, 0.15) is 5.69 Å². The van der Waals surface area contributed by atoms with E-state index < -0.39 is 0 Å². The van der Waals surface area contributed by atoms with Gasteiger partial charge in [0.1, 0.15) is 0 Å². The standard InChI is InChI=1S/C13H14N4O/c1-17-10(7-9-15-17)6-8-14-13-11-4-2-3-5-12(11)18-16-13/h2-5,7,9H,6,8H2,1H3,(H,14,16). The van der Waals surface area contributed by atoms with Crippen LogP contribution >= 0.6 is 0 Å². The van der Waals surface area contributed by atoms with Gasteiger partial charge < -0.3 is 9.84 Å². The van der Waals surface area contributed by atoms with Crippen molar-refractivity contribution in [2.45, 2.75) is 6.42 Å². The van der Waals surface area contributed by atoms with Crippen molar-refractivity contribution in [1.82, 2.24) is 14.9 Å². The first-order chi connectivity index (χ1) is 8.84. The van der Waals surface area contributed by atoms with Gasteiger partial charge in [-0.25, -0.2) is 0 Å². The van der Waals surface area contributed by atoms with E-state index in [-0.39, 0.29) is 0 Å². The zero-order valence-corrected chi connectivity index (χ0v) is 10.1. The average molecular weight is 242 g/mol. The molecule has 92 valence electrons. The molecule has 2 aromatic heterocycles. The molecule has 3 rings (SSSR count). The van der Waals surface area contributed by atoms with E-state index in [0.29, 0.717) is 0 Å². The minimum atomic E-state index is 0.799. The van der Waals surface area contributed by atoms with Crippen molar-refractivity contribution in [3.8, 4) is 0 Å². The molecule has 0 saturated carbocycles. The van der Waals surface area contributed by atoms with Gasteiger partial charge in [0.05, 0.1) is 5.39 Å². The topological polar surface area (TPSA) is 55.9 Å². The Balaban J connectivity index is 1.68. The third kappa shape index (κ3) is 1.95. The summed E-state index contributed by atoms with van der Waals surface area (Å²) in [5, 5.41) is 12.5. The van der Waals surface area contributed by atoms with E-state index in [1.165, 1.54) is 5.69 Å². The quantitative estimate of drug-likeness (QED) is 0.762. The van der Waals surface area contributed by atoms with E-state index in [2.05, 4.69) is 15.6 Å². The number of para-hydroxylation sites is 1. The van der Waals surface area contributed by atoms with E-state index in [1.807, 2.05) is 42.1 Å². The van der Waals surface area contributed by atoms with Crippen LogP contribution in [0.2, 0.25) is 0 Å². The number of rotatable bonds is 4. The van der Waals surface area contributed by atoms with Gasteiger partial charge in [-0.15, -0.1) is 0 Å². The summed E-state index contributed by atoms with van der Waals surface area (Å²) in [6.45, 7) is 0.802. The number of fused-ring (bicyclic) bond motifs is 1. The molecule has 5 nitrogen and oxygen atoms in total. The van der Waals surface area contributed by atoms with Gasteiger partial charge in [0.2, 0.25) is 0 Å². The first-order valence-electron chi connectivity index (χ1n) is 5.90. The van der Waals surface area contributed by atoms with Crippen molar-refractivity contribution in [2.75, 3.05) is 11.9 Å². The van der Waals surface area contributed by atoms with Crippen molar-refractivity contribution in [3.63, 3.8) is 0 Å². The predicted octanol–water partition coefficient (Wildman–Crippen LogP) is 2.22. The van der Waals surface area contributed by atoms with Crippen LogP contribution in [0.15, 0.2) is 41.1 Å². The van der Waals surface area contributed by atoms with Crippen LogP contribution in [0.25, 0.3) is 11.0 Å². The van der Waals surface area contributed by atoms with Gasteiger partial charge in [0.15, 0.2) is 11.4 Å². The van der Waals surface area contributed by atoms with Crippen LogP contribution in [0.4, 0.5) is 5.82 Å². The smallest absolute Gasteiger partial charge is 0.177 e. The molecule has 0 spiro atoms.